The summed E-state index contributed by atoms with van der Waals surface area (Å²) in [4.78, 5) is 44.3. The molecule has 3 heterocycles. The summed E-state index contributed by atoms with van der Waals surface area (Å²) < 4.78 is 44.4. The van der Waals surface area contributed by atoms with Crippen LogP contribution in [0.5, 0.6) is 0 Å². The molecule has 0 spiro atoms. The highest BCUT2D eigenvalue weighted by molar-refractivity contribution is 6.42. The van der Waals surface area contributed by atoms with Crippen LogP contribution in [0.4, 0.5) is 13.2 Å². The molecule has 1 aromatic heterocycles. The fourth-order valence-corrected chi connectivity index (χ4v) is 5.69. The molecule has 0 radical (unpaired) electrons. The third kappa shape index (κ3) is 3.48. The van der Waals surface area contributed by atoms with Gasteiger partial charge in [0.05, 0.1) is 33.4 Å². The highest BCUT2D eigenvalue weighted by atomic mass is 35.5. The number of ketones is 1. The van der Waals surface area contributed by atoms with Gasteiger partial charge in [-0.25, -0.2) is 4.98 Å². The minimum Gasteiger partial charge on any atom is -0.342 e. The highest BCUT2D eigenvalue weighted by Gasteiger charge is 2.67. The van der Waals surface area contributed by atoms with Crippen molar-refractivity contribution in [3.05, 3.63) is 28.0 Å². The van der Waals surface area contributed by atoms with Crippen LogP contribution in [-0.2, 0) is 26.5 Å². The Bertz CT molecular complexity index is 1210. The Kier molecular flexibility index (Phi) is 5.59. The van der Waals surface area contributed by atoms with Gasteiger partial charge in [-0.1, -0.05) is 36.0 Å². The maximum atomic E-state index is 14.6. The molecule has 12 heteroatoms. The van der Waals surface area contributed by atoms with Crippen molar-refractivity contribution < 1.29 is 27.6 Å². The summed E-state index contributed by atoms with van der Waals surface area (Å²) >= 11 is 12.0. The van der Waals surface area contributed by atoms with Crippen LogP contribution in [0, 0.1) is 11.8 Å². The number of rotatable bonds is 3. The maximum absolute atomic E-state index is 14.6. The lowest BCUT2D eigenvalue weighted by molar-refractivity contribution is -0.219. The molecule has 7 nitrogen and oxygen atoms in total. The van der Waals surface area contributed by atoms with Gasteiger partial charge < -0.3 is 10.2 Å². The van der Waals surface area contributed by atoms with Crippen molar-refractivity contribution in [2.45, 2.75) is 50.4 Å². The Morgan fingerprint density at radius 1 is 1.09 bits per heavy atom. The molecular weight excluding hydrogens is 496 g/mol. The lowest BCUT2D eigenvalue weighted by Gasteiger charge is -2.34. The molecule has 1 saturated heterocycles. The lowest BCUT2D eigenvalue weighted by Crippen LogP contribution is -2.63. The fraction of sp³-hybridized carbons (Fsp3) is 0.545. The predicted molar refractivity (Wildman–Crippen MR) is 117 cm³/mol. The summed E-state index contributed by atoms with van der Waals surface area (Å²) in [6, 6.07) is 2.53. The molecule has 1 aliphatic carbocycles. The van der Waals surface area contributed by atoms with Gasteiger partial charge in [0.25, 0.3) is 5.66 Å². The van der Waals surface area contributed by atoms with Crippen LogP contribution in [0.15, 0.2) is 12.1 Å². The lowest BCUT2D eigenvalue weighted by atomic mass is 10.0. The molecule has 2 aromatic rings. The van der Waals surface area contributed by atoms with Crippen molar-refractivity contribution in [3.63, 3.8) is 0 Å². The van der Waals surface area contributed by atoms with Gasteiger partial charge in [0.1, 0.15) is 5.82 Å². The van der Waals surface area contributed by atoms with Gasteiger partial charge in [-0.05, 0) is 31.4 Å². The standard InChI is InChI=1S/C22H21Cl2F3N4O3/c23-13-7-15-16(8-14(13)24)31-18(28-15)9-17(32)21(31,22(25,26)27)29-19(33)12-5-6-30(10-12)20(34)11-3-1-2-4-11/h7-8,11-12H,1-6,9-10H2,(H,29,33). The topological polar surface area (TPSA) is 84.3 Å². The third-order valence-electron chi connectivity index (χ3n) is 7.11. The molecule has 1 aromatic carbocycles. The number of nitrogens with zero attached hydrogens (tertiary/aromatic N) is 3. The van der Waals surface area contributed by atoms with Crippen LogP contribution in [0.25, 0.3) is 11.0 Å². The van der Waals surface area contributed by atoms with Gasteiger partial charge in [0, 0.05) is 19.0 Å². The van der Waals surface area contributed by atoms with E-state index in [9.17, 15) is 27.6 Å². The normalized spacial score (nSPS) is 25.4. The average molecular weight is 517 g/mol. The van der Waals surface area contributed by atoms with Crippen LogP contribution in [0.3, 0.4) is 0 Å². The first kappa shape index (κ1) is 23.4. The summed E-state index contributed by atoms with van der Waals surface area (Å²) in [6.07, 6.45) is -2.00. The van der Waals surface area contributed by atoms with E-state index in [4.69, 9.17) is 23.2 Å². The van der Waals surface area contributed by atoms with E-state index in [0.29, 0.717) is 11.1 Å². The fourth-order valence-electron chi connectivity index (χ4n) is 5.38. The number of hydrogen-bond donors (Lipinski definition) is 1. The minimum atomic E-state index is -5.15. The summed E-state index contributed by atoms with van der Waals surface area (Å²) in [5.74, 6) is -3.29. The first-order valence-electron chi connectivity index (χ1n) is 11.1. The number of likely N-dealkylation sites (tertiary alicyclic amines) is 1. The van der Waals surface area contributed by atoms with Crippen molar-refractivity contribution in [1.82, 2.24) is 19.8 Å². The van der Waals surface area contributed by atoms with Gasteiger partial charge in [-0.2, -0.15) is 13.2 Å². The monoisotopic (exact) mass is 516 g/mol. The molecule has 2 atom stereocenters. The number of hydrogen-bond acceptors (Lipinski definition) is 4. The van der Waals surface area contributed by atoms with E-state index >= 15 is 0 Å². The second kappa shape index (κ2) is 8.12. The van der Waals surface area contributed by atoms with Crippen LogP contribution >= 0.6 is 23.2 Å². The van der Waals surface area contributed by atoms with E-state index in [0.717, 1.165) is 25.7 Å². The van der Waals surface area contributed by atoms with Crippen molar-refractivity contribution in [1.29, 1.82) is 0 Å². The van der Waals surface area contributed by atoms with Gasteiger partial charge >= 0.3 is 6.18 Å². The largest absolute Gasteiger partial charge is 0.438 e. The number of benzene rings is 1. The summed E-state index contributed by atoms with van der Waals surface area (Å²) in [7, 11) is 0. The number of halogens is 5. The van der Waals surface area contributed by atoms with E-state index in [1.165, 1.54) is 12.1 Å². The first-order chi connectivity index (χ1) is 16.0. The Balaban J connectivity index is 1.47. The molecule has 0 bridgehead atoms. The Labute approximate surface area is 202 Å². The van der Waals surface area contributed by atoms with E-state index < -0.39 is 35.9 Å². The number of alkyl halides is 3. The number of carbonyl (C=O) groups is 3. The molecule has 3 aliphatic rings. The summed E-state index contributed by atoms with van der Waals surface area (Å²) in [6.45, 7) is 0.329. The van der Waals surface area contributed by atoms with E-state index in [2.05, 4.69) is 4.98 Å². The Morgan fingerprint density at radius 3 is 2.44 bits per heavy atom. The van der Waals surface area contributed by atoms with E-state index in [1.54, 1.807) is 4.90 Å². The van der Waals surface area contributed by atoms with Crippen molar-refractivity contribution in [3.8, 4) is 0 Å². The summed E-state index contributed by atoms with van der Waals surface area (Å²) in [5, 5.41) is 2.12. The van der Waals surface area contributed by atoms with Crippen molar-refractivity contribution >= 4 is 51.8 Å². The van der Waals surface area contributed by atoms with E-state index in [1.807, 2.05) is 5.32 Å². The highest BCUT2D eigenvalue weighted by Crippen LogP contribution is 2.44. The quantitative estimate of drug-likeness (QED) is 0.671. The number of imidazole rings is 1. The molecular formula is C22H21Cl2F3N4O3. The number of fused-ring (bicyclic) bond motifs is 3. The molecule has 1 saturated carbocycles. The van der Waals surface area contributed by atoms with E-state index in [-0.39, 0.29) is 51.7 Å². The number of nitrogens with one attached hydrogen (secondary N) is 1. The van der Waals surface area contributed by atoms with Crippen LogP contribution in [0.2, 0.25) is 10.0 Å². The SMILES string of the molecule is O=C(NC1(C(F)(F)F)C(=O)Cc2nc3cc(Cl)c(Cl)cc3n21)C1CCN(C(=O)C2CCCC2)C1. The number of amides is 2. The third-order valence-corrected chi connectivity index (χ3v) is 7.84. The van der Waals surface area contributed by atoms with Crippen molar-refractivity contribution in [2.75, 3.05) is 13.1 Å². The molecule has 5 rings (SSSR count). The predicted octanol–water partition coefficient (Wildman–Crippen LogP) is 3.84. The van der Waals surface area contributed by atoms with Crippen LogP contribution in [0.1, 0.15) is 37.9 Å². The molecule has 1 N–H and O–H groups in total. The van der Waals surface area contributed by atoms with Gasteiger partial charge in [0.15, 0.2) is 5.78 Å². The van der Waals surface area contributed by atoms with Crippen LogP contribution in [-0.4, -0.2) is 51.3 Å². The molecule has 2 amide bonds. The Morgan fingerprint density at radius 2 is 1.76 bits per heavy atom. The zero-order valence-electron chi connectivity index (χ0n) is 17.9. The zero-order valence-corrected chi connectivity index (χ0v) is 19.4. The van der Waals surface area contributed by atoms with Gasteiger partial charge in [0.2, 0.25) is 11.8 Å². The smallest absolute Gasteiger partial charge is 0.342 e. The minimum absolute atomic E-state index is 0.00419. The molecule has 2 unspecified atom stereocenters. The molecule has 34 heavy (non-hydrogen) atoms. The Hall–Kier alpha value is -2.33. The zero-order chi connectivity index (χ0) is 24.4. The summed E-state index contributed by atoms with van der Waals surface area (Å²) in [5.41, 5.74) is -3.24. The first-order valence-corrected chi connectivity index (χ1v) is 11.9. The maximum Gasteiger partial charge on any atom is 0.438 e. The van der Waals surface area contributed by atoms with Gasteiger partial charge in [-0.15, -0.1) is 0 Å². The molecule has 2 aliphatic heterocycles. The number of aromatic nitrogens is 2. The second-order valence-corrected chi connectivity index (χ2v) is 9.98. The molecule has 182 valence electrons. The number of carbonyl (C=O) groups excluding carboxylic acids is 3. The van der Waals surface area contributed by atoms with Crippen molar-refractivity contribution in [2.24, 2.45) is 11.8 Å². The second-order valence-electron chi connectivity index (χ2n) is 9.17. The van der Waals surface area contributed by atoms with Crippen LogP contribution < -0.4 is 5.32 Å². The average Bonchev–Trinajstić information content (AvgIpc) is 3.53. The molecule has 2 fully saturated rings. The number of Topliss-reactive ketones (excluding diaryl/α,β-unsaturated/α-hetero) is 1. The van der Waals surface area contributed by atoms with Gasteiger partial charge in [-0.3, -0.25) is 19.0 Å².